The predicted octanol–water partition coefficient (Wildman–Crippen LogP) is 2.77. The van der Waals surface area contributed by atoms with Gasteiger partial charge in [-0.05, 0) is 26.2 Å². The van der Waals surface area contributed by atoms with E-state index in [1.807, 2.05) is 11.9 Å². The molecule has 0 aromatic rings. The van der Waals surface area contributed by atoms with E-state index in [1.165, 1.54) is 19.5 Å². The second-order valence-electron chi connectivity index (χ2n) is 4.13. The minimum atomic E-state index is 0.417. The van der Waals surface area contributed by atoms with Gasteiger partial charge in [-0.3, -0.25) is 4.31 Å². The number of hydrogen-bond donors (Lipinski definition) is 0. The summed E-state index contributed by atoms with van der Waals surface area (Å²) in [6.07, 6.45) is 1.39. The van der Waals surface area contributed by atoms with Crippen molar-refractivity contribution >= 4 is 11.9 Å². The van der Waals surface area contributed by atoms with Crippen LogP contribution in [0, 0.1) is 5.92 Å². The summed E-state index contributed by atoms with van der Waals surface area (Å²) in [5.41, 5.74) is 0. The topological polar surface area (TPSA) is 3.24 Å². The monoisotopic (exact) mass is 173 g/mol. The maximum Gasteiger partial charge on any atom is 0.0273 e. The number of nitrogens with zero attached hydrogens (tertiary/aromatic N) is 1. The molecule has 0 radical (unpaired) electrons. The second-order valence-corrected chi connectivity index (χ2v) is 5.88. The molecule has 0 atom stereocenters. The highest BCUT2D eigenvalue weighted by Crippen LogP contribution is 2.36. The summed E-state index contributed by atoms with van der Waals surface area (Å²) in [5, 5.41) is 0. The molecule has 0 bridgehead atoms. The molecular weight excluding hydrogens is 154 g/mol. The van der Waals surface area contributed by atoms with E-state index in [1.54, 1.807) is 0 Å². The lowest BCUT2D eigenvalue weighted by molar-refractivity contribution is 0.332. The molecule has 0 aliphatic carbocycles. The first-order valence-corrected chi connectivity index (χ1v) is 5.24. The summed E-state index contributed by atoms with van der Waals surface area (Å²) in [4.78, 5) is 0. The van der Waals surface area contributed by atoms with Crippen LogP contribution in [0.2, 0.25) is 0 Å². The van der Waals surface area contributed by atoms with Gasteiger partial charge in [-0.25, -0.2) is 0 Å². The Morgan fingerprint density at radius 3 is 2.09 bits per heavy atom. The lowest BCUT2D eigenvalue weighted by Crippen LogP contribution is -2.37. The van der Waals surface area contributed by atoms with Gasteiger partial charge in [0.1, 0.15) is 0 Å². The van der Waals surface area contributed by atoms with E-state index in [2.05, 4.69) is 32.0 Å². The zero-order chi connectivity index (χ0) is 8.48. The predicted molar refractivity (Wildman–Crippen MR) is 52.7 cm³/mol. The first kappa shape index (κ1) is 9.40. The van der Waals surface area contributed by atoms with Crippen LogP contribution in [0.4, 0.5) is 0 Å². The summed E-state index contributed by atoms with van der Waals surface area (Å²) < 4.78 is 2.89. The Morgan fingerprint density at radius 2 is 1.82 bits per heavy atom. The molecule has 1 saturated heterocycles. The van der Waals surface area contributed by atoms with Crippen LogP contribution >= 0.6 is 11.9 Å². The average molecular weight is 173 g/mol. The van der Waals surface area contributed by atoms with E-state index >= 15 is 0 Å². The molecule has 0 unspecified atom stereocenters. The number of hydrogen-bond acceptors (Lipinski definition) is 2. The first-order valence-electron chi connectivity index (χ1n) is 4.46. The van der Waals surface area contributed by atoms with Gasteiger partial charge in [-0.1, -0.05) is 25.8 Å². The van der Waals surface area contributed by atoms with Crippen molar-refractivity contribution < 1.29 is 0 Å². The summed E-state index contributed by atoms with van der Waals surface area (Å²) >= 11 is 2.03. The quantitative estimate of drug-likeness (QED) is 0.604. The van der Waals surface area contributed by atoms with Gasteiger partial charge in [-0.2, -0.15) is 0 Å². The SMILES string of the molecule is CC(C)C(C)(C)SN1CCC1. The van der Waals surface area contributed by atoms with Crippen molar-refractivity contribution in [3.8, 4) is 0 Å². The molecule has 1 rings (SSSR count). The Kier molecular flexibility index (Phi) is 2.87. The first-order chi connectivity index (χ1) is 5.02. The van der Waals surface area contributed by atoms with Gasteiger partial charge in [0.25, 0.3) is 0 Å². The van der Waals surface area contributed by atoms with E-state index in [4.69, 9.17) is 0 Å². The van der Waals surface area contributed by atoms with Gasteiger partial charge in [0.2, 0.25) is 0 Å². The summed E-state index contributed by atoms with van der Waals surface area (Å²) in [6, 6.07) is 0. The molecule has 2 heteroatoms. The Labute approximate surface area is 74.7 Å². The summed E-state index contributed by atoms with van der Waals surface area (Å²) in [5.74, 6) is 0.757. The van der Waals surface area contributed by atoms with Crippen LogP contribution in [0.15, 0.2) is 0 Å². The minimum absolute atomic E-state index is 0.417. The fraction of sp³-hybridized carbons (Fsp3) is 1.00. The van der Waals surface area contributed by atoms with Crippen LogP contribution in [0.3, 0.4) is 0 Å². The molecule has 1 aliphatic heterocycles. The molecule has 0 N–H and O–H groups in total. The molecule has 0 spiro atoms. The Hall–Kier alpha value is 0.310. The highest BCUT2D eigenvalue weighted by atomic mass is 32.2. The Morgan fingerprint density at radius 1 is 1.27 bits per heavy atom. The second kappa shape index (κ2) is 3.36. The third kappa shape index (κ3) is 2.38. The third-order valence-corrected chi connectivity index (χ3v) is 4.14. The van der Waals surface area contributed by atoms with Crippen molar-refractivity contribution in [1.82, 2.24) is 4.31 Å². The fourth-order valence-electron chi connectivity index (χ4n) is 0.817. The molecule has 1 nitrogen and oxygen atoms in total. The van der Waals surface area contributed by atoms with Crippen LogP contribution in [0.1, 0.15) is 34.1 Å². The highest BCUT2D eigenvalue weighted by Gasteiger charge is 2.28. The van der Waals surface area contributed by atoms with Crippen LogP contribution < -0.4 is 0 Å². The highest BCUT2D eigenvalue weighted by molar-refractivity contribution is 7.98. The van der Waals surface area contributed by atoms with Gasteiger partial charge in [0.05, 0.1) is 0 Å². The molecule has 0 aromatic carbocycles. The maximum absolute atomic E-state index is 2.47. The van der Waals surface area contributed by atoms with Crippen molar-refractivity contribution in [2.24, 2.45) is 5.92 Å². The van der Waals surface area contributed by atoms with Gasteiger partial charge < -0.3 is 0 Å². The van der Waals surface area contributed by atoms with E-state index in [9.17, 15) is 0 Å². The number of rotatable bonds is 3. The Bertz CT molecular complexity index is 128. The third-order valence-electron chi connectivity index (χ3n) is 2.57. The molecule has 1 fully saturated rings. The van der Waals surface area contributed by atoms with Gasteiger partial charge >= 0.3 is 0 Å². The average Bonchev–Trinajstić information content (AvgIpc) is 1.79. The molecular formula is C9H19NS. The summed E-state index contributed by atoms with van der Waals surface area (Å²) in [6.45, 7) is 11.8. The van der Waals surface area contributed by atoms with Crippen molar-refractivity contribution in [3.63, 3.8) is 0 Å². The van der Waals surface area contributed by atoms with E-state index < -0.39 is 0 Å². The smallest absolute Gasteiger partial charge is 0.0273 e. The molecule has 11 heavy (non-hydrogen) atoms. The zero-order valence-corrected chi connectivity index (χ0v) is 8.87. The molecule has 0 amide bonds. The maximum atomic E-state index is 2.47. The van der Waals surface area contributed by atoms with Crippen molar-refractivity contribution in [2.75, 3.05) is 13.1 Å². The normalized spacial score (nSPS) is 20.5. The molecule has 66 valence electrons. The van der Waals surface area contributed by atoms with Crippen LogP contribution in [-0.4, -0.2) is 22.1 Å². The van der Waals surface area contributed by atoms with E-state index in [0.717, 1.165) is 5.92 Å². The molecule has 1 aliphatic rings. The fourth-order valence-corrected chi connectivity index (χ4v) is 2.13. The van der Waals surface area contributed by atoms with Crippen molar-refractivity contribution in [3.05, 3.63) is 0 Å². The Balaban J connectivity index is 2.32. The van der Waals surface area contributed by atoms with Gasteiger partial charge in [0, 0.05) is 17.8 Å². The standard InChI is InChI=1S/C9H19NS/c1-8(2)9(3,4)11-10-6-5-7-10/h8H,5-7H2,1-4H3. The van der Waals surface area contributed by atoms with E-state index in [-0.39, 0.29) is 0 Å². The lowest BCUT2D eigenvalue weighted by Gasteiger charge is -2.38. The van der Waals surface area contributed by atoms with Crippen LogP contribution in [0.25, 0.3) is 0 Å². The zero-order valence-electron chi connectivity index (χ0n) is 8.05. The van der Waals surface area contributed by atoms with Crippen LogP contribution in [0.5, 0.6) is 0 Å². The molecule has 1 heterocycles. The summed E-state index contributed by atoms with van der Waals surface area (Å²) in [7, 11) is 0. The largest absolute Gasteiger partial charge is 0.250 e. The van der Waals surface area contributed by atoms with Crippen molar-refractivity contribution in [1.29, 1.82) is 0 Å². The molecule has 0 saturated carbocycles. The van der Waals surface area contributed by atoms with Crippen LogP contribution in [-0.2, 0) is 0 Å². The van der Waals surface area contributed by atoms with Gasteiger partial charge in [0.15, 0.2) is 0 Å². The van der Waals surface area contributed by atoms with Gasteiger partial charge in [-0.15, -0.1) is 0 Å². The molecule has 0 aromatic heterocycles. The lowest BCUT2D eigenvalue weighted by atomic mass is 10.00. The van der Waals surface area contributed by atoms with E-state index in [0.29, 0.717) is 4.75 Å². The minimum Gasteiger partial charge on any atom is -0.250 e. The van der Waals surface area contributed by atoms with Crippen molar-refractivity contribution in [2.45, 2.75) is 38.9 Å².